The maximum absolute atomic E-state index is 12.2. The second-order valence-electron chi connectivity index (χ2n) is 4.16. The Morgan fingerprint density at radius 2 is 2.05 bits per heavy atom. The number of hydrogen-bond donors (Lipinski definition) is 0. The molecule has 0 aliphatic carbocycles. The molecule has 0 amide bonds. The quantitative estimate of drug-likeness (QED) is 0.274. The molecule has 0 unspecified atom stereocenters. The summed E-state index contributed by atoms with van der Waals surface area (Å²) in [5, 5.41) is 10.9. The average molecular weight is 310 g/mol. The summed E-state index contributed by atoms with van der Waals surface area (Å²) in [6.07, 6.45) is 0. The van der Waals surface area contributed by atoms with E-state index in [2.05, 4.69) is 6.58 Å². The van der Waals surface area contributed by atoms with Gasteiger partial charge in [0.05, 0.1) is 10.5 Å². The van der Waals surface area contributed by atoms with E-state index in [0.29, 0.717) is 10.1 Å². The fourth-order valence-corrected chi connectivity index (χ4v) is 2.22. The topological polar surface area (TPSA) is 63.5 Å². The van der Waals surface area contributed by atoms with E-state index >= 15 is 0 Å². The molecule has 0 fully saturated rings. The van der Waals surface area contributed by atoms with Gasteiger partial charge in [-0.15, -0.1) is 0 Å². The Labute approximate surface area is 126 Å². The second-order valence-corrected chi connectivity index (χ2v) is 5.77. The molecule has 0 saturated heterocycles. The van der Waals surface area contributed by atoms with E-state index in [1.165, 1.54) is 30.0 Å². The number of benzene rings is 1. The van der Waals surface area contributed by atoms with E-state index in [9.17, 15) is 14.9 Å². The van der Waals surface area contributed by atoms with Crippen LogP contribution in [0.5, 0.6) is 0 Å². The van der Waals surface area contributed by atoms with Gasteiger partial charge >= 0.3 is 0 Å². The number of hydrogen-bond acceptors (Lipinski definition) is 5. The number of Topliss-reactive ketones (excluding diaryl/α,β-unsaturated/α-hetero) is 1. The highest BCUT2D eigenvalue weighted by Gasteiger charge is 2.21. The number of thiocarbonyl (C=S) groups is 1. The van der Waals surface area contributed by atoms with E-state index in [4.69, 9.17) is 12.2 Å². The van der Waals surface area contributed by atoms with Gasteiger partial charge in [0.25, 0.3) is 5.69 Å². The molecule has 5 nitrogen and oxygen atoms in total. The van der Waals surface area contributed by atoms with Crippen molar-refractivity contribution in [2.45, 2.75) is 0 Å². The molecule has 0 aliphatic rings. The van der Waals surface area contributed by atoms with Crippen molar-refractivity contribution in [3.05, 3.63) is 52.1 Å². The highest BCUT2D eigenvalue weighted by atomic mass is 32.2. The van der Waals surface area contributed by atoms with E-state index < -0.39 is 10.7 Å². The summed E-state index contributed by atoms with van der Waals surface area (Å²) < 4.78 is 0.626. The summed E-state index contributed by atoms with van der Waals surface area (Å²) in [6.45, 7) is 3.69. The maximum atomic E-state index is 12.2. The van der Waals surface area contributed by atoms with Gasteiger partial charge in [-0.25, -0.2) is 0 Å². The van der Waals surface area contributed by atoms with Gasteiger partial charge in [-0.1, -0.05) is 42.7 Å². The van der Waals surface area contributed by atoms with Crippen LogP contribution in [-0.2, 0) is 0 Å². The number of thioether (sulfide) groups is 1. The van der Waals surface area contributed by atoms with Crippen molar-refractivity contribution in [3.63, 3.8) is 0 Å². The van der Waals surface area contributed by atoms with Gasteiger partial charge in [0.2, 0.25) is 0 Å². The minimum Gasteiger partial charge on any atom is -0.364 e. The third-order valence-electron chi connectivity index (χ3n) is 2.40. The molecule has 0 spiro atoms. The van der Waals surface area contributed by atoms with Crippen LogP contribution >= 0.6 is 24.0 Å². The molecule has 20 heavy (non-hydrogen) atoms. The Morgan fingerprint density at radius 3 is 2.60 bits per heavy atom. The molecule has 1 aromatic carbocycles. The lowest BCUT2D eigenvalue weighted by molar-refractivity contribution is -0.385. The third kappa shape index (κ3) is 4.14. The van der Waals surface area contributed by atoms with Crippen molar-refractivity contribution in [2.24, 2.45) is 0 Å². The SMILES string of the molecule is C=C(CSC(=S)N(C)C)C(=O)c1ccccc1[N+](=O)[O-]. The van der Waals surface area contributed by atoms with Crippen LogP contribution in [0.4, 0.5) is 5.69 Å². The van der Waals surface area contributed by atoms with Crippen molar-refractivity contribution in [1.29, 1.82) is 0 Å². The van der Waals surface area contributed by atoms with Gasteiger partial charge in [0.1, 0.15) is 4.32 Å². The summed E-state index contributed by atoms with van der Waals surface area (Å²) in [5.74, 6) is -0.117. The van der Waals surface area contributed by atoms with Crippen LogP contribution in [0.15, 0.2) is 36.4 Å². The Balaban J connectivity index is 2.83. The van der Waals surface area contributed by atoms with Crippen LogP contribution in [0.25, 0.3) is 0 Å². The Morgan fingerprint density at radius 1 is 1.45 bits per heavy atom. The maximum Gasteiger partial charge on any atom is 0.280 e. The molecule has 1 rings (SSSR count). The summed E-state index contributed by atoms with van der Waals surface area (Å²) in [6, 6.07) is 5.84. The van der Waals surface area contributed by atoms with Crippen LogP contribution in [0, 0.1) is 10.1 Å². The first kappa shape index (κ1) is 16.3. The molecule has 0 heterocycles. The Hall–Kier alpha value is -1.73. The van der Waals surface area contributed by atoms with Gasteiger partial charge < -0.3 is 4.90 Å². The van der Waals surface area contributed by atoms with Crippen molar-refractivity contribution >= 4 is 39.8 Å². The van der Waals surface area contributed by atoms with Gasteiger partial charge in [-0.05, 0) is 6.07 Å². The summed E-state index contributed by atoms with van der Waals surface area (Å²) in [4.78, 5) is 24.3. The summed E-state index contributed by atoms with van der Waals surface area (Å²) in [7, 11) is 3.61. The molecule has 0 N–H and O–H groups in total. The zero-order valence-corrected chi connectivity index (χ0v) is 12.8. The van der Waals surface area contributed by atoms with Crippen molar-refractivity contribution in [3.8, 4) is 0 Å². The van der Waals surface area contributed by atoms with Crippen LogP contribution in [0.2, 0.25) is 0 Å². The molecule has 0 saturated carbocycles. The van der Waals surface area contributed by atoms with E-state index in [0.717, 1.165) is 0 Å². The number of carbonyl (C=O) groups is 1. The molecule has 0 aromatic heterocycles. The van der Waals surface area contributed by atoms with Gasteiger partial charge in [-0.3, -0.25) is 14.9 Å². The molecule has 0 bridgehead atoms. The predicted molar refractivity (Wildman–Crippen MR) is 85.3 cm³/mol. The molecule has 0 radical (unpaired) electrons. The number of para-hydroxylation sites is 1. The monoisotopic (exact) mass is 310 g/mol. The lowest BCUT2D eigenvalue weighted by Crippen LogP contribution is -2.17. The molecule has 7 heteroatoms. The molecule has 0 atom stereocenters. The fourth-order valence-electron chi connectivity index (χ4n) is 1.36. The first-order valence-electron chi connectivity index (χ1n) is 5.64. The van der Waals surface area contributed by atoms with Crippen molar-refractivity contribution in [1.82, 2.24) is 4.90 Å². The van der Waals surface area contributed by atoms with Crippen molar-refractivity contribution in [2.75, 3.05) is 19.8 Å². The second kappa shape index (κ2) is 7.16. The largest absolute Gasteiger partial charge is 0.364 e. The molecule has 106 valence electrons. The number of nitro groups is 1. The summed E-state index contributed by atoms with van der Waals surface area (Å²) in [5.41, 5.74) is 0.131. The fraction of sp³-hybridized carbons (Fsp3) is 0.231. The predicted octanol–water partition coefficient (Wildman–Crippen LogP) is 2.91. The Kier molecular flexibility index (Phi) is 5.84. The number of nitro benzene ring substituents is 1. The molecule has 1 aromatic rings. The lowest BCUT2D eigenvalue weighted by atomic mass is 10.0. The number of nitrogens with zero attached hydrogens (tertiary/aromatic N) is 2. The van der Waals surface area contributed by atoms with E-state index in [-0.39, 0.29) is 16.8 Å². The minimum absolute atomic E-state index is 0.0545. The summed E-state index contributed by atoms with van der Waals surface area (Å²) >= 11 is 6.39. The standard InChI is InChI=1S/C13H14N2O3S2/c1-9(8-20-13(19)14(2)3)12(16)10-6-4-5-7-11(10)15(17)18/h4-7H,1,8H2,2-3H3. The zero-order chi connectivity index (χ0) is 15.3. The first-order valence-corrected chi connectivity index (χ1v) is 7.04. The molecular weight excluding hydrogens is 296 g/mol. The normalized spacial score (nSPS) is 9.90. The smallest absolute Gasteiger partial charge is 0.280 e. The molecular formula is C13H14N2O3S2. The average Bonchev–Trinajstić information content (AvgIpc) is 2.43. The van der Waals surface area contributed by atoms with E-state index in [1.807, 2.05) is 14.1 Å². The highest BCUT2D eigenvalue weighted by molar-refractivity contribution is 8.23. The van der Waals surface area contributed by atoms with Gasteiger partial charge in [-0.2, -0.15) is 0 Å². The van der Waals surface area contributed by atoms with Crippen molar-refractivity contribution < 1.29 is 9.72 Å². The number of carbonyl (C=O) groups excluding carboxylic acids is 1. The Bertz CT molecular complexity index is 570. The van der Waals surface area contributed by atoms with Gasteiger partial charge in [0.15, 0.2) is 5.78 Å². The minimum atomic E-state index is -0.571. The number of ketones is 1. The van der Waals surface area contributed by atoms with Crippen LogP contribution in [-0.4, -0.2) is 39.8 Å². The zero-order valence-electron chi connectivity index (χ0n) is 11.2. The molecule has 0 aliphatic heterocycles. The van der Waals surface area contributed by atoms with Gasteiger partial charge in [0, 0.05) is 31.5 Å². The van der Waals surface area contributed by atoms with E-state index in [1.54, 1.807) is 11.0 Å². The lowest BCUT2D eigenvalue weighted by Gasteiger charge is -2.13. The first-order chi connectivity index (χ1) is 9.34. The van der Waals surface area contributed by atoms with Crippen LogP contribution in [0.3, 0.4) is 0 Å². The third-order valence-corrected chi connectivity index (χ3v) is 4.23. The number of rotatable bonds is 5. The highest BCUT2D eigenvalue weighted by Crippen LogP contribution is 2.22. The van der Waals surface area contributed by atoms with Crippen LogP contribution < -0.4 is 0 Å². The van der Waals surface area contributed by atoms with Crippen LogP contribution in [0.1, 0.15) is 10.4 Å².